The fraction of sp³-hybridized carbons (Fsp3) is 0.143. The Kier molecular flexibility index (Phi) is 6.68. The Bertz CT molecular complexity index is 1450. The molecule has 0 bridgehead atoms. The van der Waals surface area contributed by atoms with Gasteiger partial charge < -0.3 is 14.8 Å². The molecule has 0 aromatic heterocycles. The Balaban J connectivity index is 1.57. The van der Waals surface area contributed by atoms with E-state index in [1.807, 2.05) is 42.5 Å². The van der Waals surface area contributed by atoms with Crippen molar-refractivity contribution in [3.8, 4) is 5.75 Å². The van der Waals surface area contributed by atoms with Gasteiger partial charge in [0.15, 0.2) is 11.5 Å². The fourth-order valence-electron chi connectivity index (χ4n) is 4.66. The second-order valence-electron chi connectivity index (χ2n) is 8.48. The van der Waals surface area contributed by atoms with E-state index in [0.29, 0.717) is 39.4 Å². The first-order chi connectivity index (χ1) is 17.3. The molecule has 3 aromatic rings. The number of dihydropyridines is 1. The molecule has 0 saturated carbocycles. The Morgan fingerprint density at radius 1 is 1.03 bits per heavy atom. The number of rotatable bonds is 5. The highest BCUT2D eigenvalue weighted by molar-refractivity contribution is 9.10. The molecule has 0 saturated heterocycles. The van der Waals surface area contributed by atoms with Crippen LogP contribution in [0.25, 0.3) is 5.70 Å². The zero-order valence-electron chi connectivity index (χ0n) is 19.3. The van der Waals surface area contributed by atoms with Gasteiger partial charge in [0.25, 0.3) is 0 Å². The van der Waals surface area contributed by atoms with Gasteiger partial charge in [0, 0.05) is 32.8 Å². The first-order valence-corrected chi connectivity index (χ1v) is 12.7. The number of ether oxygens (including phenoxy) is 2. The van der Waals surface area contributed by atoms with Gasteiger partial charge in [0.1, 0.15) is 6.61 Å². The number of allylic oxidation sites excluding steroid dienone is 2. The molecule has 0 radical (unpaired) electrons. The molecule has 1 aliphatic carbocycles. The van der Waals surface area contributed by atoms with E-state index in [9.17, 15) is 9.59 Å². The summed E-state index contributed by atoms with van der Waals surface area (Å²) in [6.07, 6.45) is 0. The number of carbonyl (C=O) groups excluding carboxylic acids is 2. The second-order valence-corrected chi connectivity index (χ2v) is 10.2. The van der Waals surface area contributed by atoms with Crippen molar-refractivity contribution in [3.63, 3.8) is 0 Å². The van der Waals surface area contributed by atoms with Crippen molar-refractivity contribution in [2.75, 3.05) is 7.11 Å². The topological polar surface area (TPSA) is 64.6 Å². The quantitative estimate of drug-likeness (QED) is 0.325. The highest BCUT2D eigenvalue weighted by Gasteiger charge is 2.43. The van der Waals surface area contributed by atoms with Gasteiger partial charge in [0.2, 0.25) is 0 Å². The summed E-state index contributed by atoms with van der Waals surface area (Å²) >= 11 is 16.7. The zero-order valence-corrected chi connectivity index (χ0v) is 22.4. The lowest BCUT2D eigenvalue weighted by atomic mass is 9.80. The summed E-state index contributed by atoms with van der Waals surface area (Å²) in [4.78, 5) is 26.4. The summed E-state index contributed by atoms with van der Waals surface area (Å²) in [6.45, 7) is 2.06. The largest absolute Gasteiger partial charge is 0.486 e. The van der Waals surface area contributed by atoms with Crippen LogP contribution >= 0.6 is 39.1 Å². The minimum Gasteiger partial charge on any atom is -0.486 e. The molecule has 1 N–H and O–H groups in total. The van der Waals surface area contributed by atoms with Crippen LogP contribution in [0.4, 0.5) is 0 Å². The Morgan fingerprint density at radius 2 is 1.67 bits per heavy atom. The fourth-order valence-corrected chi connectivity index (χ4v) is 5.54. The van der Waals surface area contributed by atoms with Crippen molar-refractivity contribution in [1.29, 1.82) is 0 Å². The standard InChI is InChI=1S/C28H20BrCl2NO4/c1-14-22(28(34)35-2)23(24-25(32-14)18-5-3-4-6-19(18)26(24)33)16-11-20(30)27(21(31)12-16)36-13-15-7-9-17(29)10-8-15/h3-12,23,32H,13H2,1-2H3/t23-/m1/s1. The predicted octanol–water partition coefficient (Wildman–Crippen LogP) is 7.08. The zero-order chi connectivity index (χ0) is 25.6. The van der Waals surface area contributed by atoms with Gasteiger partial charge in [-0.05, 0) is 42.3 Å². The van der Waals surface area contributed by atoms with Gasteiger partial charge in [-0.15, -0.1) is 0 Å². The number of esters is 1. The average molecular weight is 585 g/mol. The van der Waals surface area contributed by atoms with Crippen LogP contribution in [0, 0.1) is 0 Å². The normalized spacial score (nSPS) is 16.5. The van der Waals surface area contributed by atoms with Crippen molar-refractivity contribution >= 4 is 56.6 Å². The van der Waals surface area contributed by atoms with Crippen LogP contribution in [-0.4, -0.2) is 18.9 Å². The van der Waals surface area contributed by atoms with Crippen molar-refractivity contribution < 1.29 is 19.1 Å². The summed E-state index contributed by atoms with van der Waals surface area (Å²) in [7, 11) is 1.31. The van der Waals surface area contributed by atoms with Crippen LogP contribution in [0.2, 0.25) is 10.0 Å². The molecule has 0 spiro atoms. The molecule has 1 aliphatic heterocycles. The van der Waals surface area contributed by atoms with E-state index in [1.165, 1.54) is 7.11 Å². The molecule has 182 valence electrons. The van der Waals surface area contributed by atoms with Crippen LogP contribution in [0.1, 0.15) is 39.9 Å². The summed E-state index contributed by atoms with van der Waals surface area (Å²) in [5.41, 5.74) is 4.96. The van der Waals surface area contributed by atoms with Gasteiger partial charge in [-0.25, -0.2) is 4.79 Å². The molecule has 36 heavy (non-hydrogen) atoms. The minimum atomic E-state index is -0.718. The maximum atomic E-state index is 13.5. The van der Waals surface area contributed by atoms with E-state index in [-0.39, 0.29) is 22.4 Å². The van der Waals surface area contributed by atoms with Gasteiger partial charge >= 0.3 is 5.97 Å². The van der Waals surface area contributed by atoms with Gasteiger partial charge in [0.05, 0.1) is 28.4 Å². The van der Waals surface area contributed by atoms with Crippen molar-refractivity contribution in [2.24, 2.45) is 0 Å². The lowest BCUT2D eigenvalue weighted by Gasteiger charge is -2.29. The van der Waals surface area contributed by atoms with E-state index >= 15 is 0 Å². The molecule has 0 amide bonds. The molecule has 1 heterocycles. The number of nitrogens with one attached hydrogen (secondary N) is 1. The molecule has 3 aromatic carbocycles. The number of halogens is 3. The van der Waals surface area contributed by atoms with Gasteiger partial charge in [-0.3, -0.25) is 4.79 Å². The monoisotopic (exact) mass is 583 g/mol. The number of Topliss-reactive ketones (excluding diaryl/α,β-unsaturated/α-hetero) is 1. The smallest absolute Gasteiger partial charge is 0.336 e. The molecule has 8 heteroatoms. The summed E-state index contributed by atoms with van der Waals surface area (Å²) in [5, 5.41) is 3.81. The van der Waals surface area contributed by atoms with E-state index < -0.39 is 11.9 Å². The third kappa shape index (κ3) is 4.23. The van der Waals surface area contributed by atoms with E-state index in [4.69, 9.17) is 32.7 Å². The van der Waals surface area contributed by atoms with Crippen LogP contribution in [0.5, 0.6) is 5.75 Å². The van der Waals surface area contributed by atoms with Crippen LogP contribution in [0.3, 0.4) is 0 Å². The lowest BCUT2D eigenvalue weighted by Crippen LogP contribution is -2.29. The number of benzene rings is 3. The maximum absolute atomic E-state index is 13.5. The summed E-state index contributed by atoms with van der Waals surface area (Å²) in [6, 6.07) is 18.5. The highest BCUT2D eigenvalue weighted by Crippen LogP contribution is 2.48. The van der Waals surface area contributed by atoms with Crippen LogP contribution < -0.4 is 10.1 Å². The van der Waals surface area contributed by atoms with E-state index in [2.05, 4.69) is 21.2 Å². The third-order valence-corrected chi connectivity index (χ3v) is 7.39. The van der Waals surface area contributed by atoms with Crippen LogP contribution in [-0.2, 0) is 16.1 Å². The number of ketones is 1. The minimum absolute atomic E-state index is 0.158. The molecule has 0 fully saturated rings. The summed E-state index contributed by atoms with van der Waals surface area (Å²) in [5.74, 6) is -1.09. The third-order valence-electron chi connectivity index (χ3n) is 6.30. The van der Waals surface area contributed by atoms with E-state index in [0.717, 1.165) is 15.6 Å². The molecular weight excluding hydrogens is 565 g/mol. The molecule has 5 rings (SSSR count). The first kappa shape index (κ1) is 24.6. The van der Waals surface area contributed by atoms with Gasteiger partial charge in [-0.1, -0.05) is 75.5 Å². The van der Waals surface area contributed by atoms with Crippen molar-refractivity contribution in [1.82, 2.24) is 5.32 Å². The lowest BCUT2D eigenvalue weighted by molar-refractivity contribution is -0.136. The average Bonchev–Trinajstić information content (AvgIpc) is 3.14. The molecule has 2 aliphatic rings. The van der Waals surface area contributed by atoms with Crippen molar-refractivity contribution in [3.05, 3.63) is 114 Å². The van der Waals surface area contributed by atoms with E-state index in [1.54, 1.807) is 25.1 Å². The number of hydrogen-bond donors (Lipinski definition) is 1. The number of hydrogen-bond acceptors (Lipinski definition) is 5. The number of fused-ring (bicyclic) bond motifs is 2. The predicted molar refractivity (Wildman–Crippen MR) is 143 cm³/mol. The Labute approximate surface area is 226 Å². The SMILES string of the molecule is COC(=O)C1=C(C)NC2=C(C(=O)c3ccccc32)[C@@H]1c1cc(Cl)c(OCc2ccc(Br)cc2)c(Cl)c1. The van der Waals surface area contributed by atoms with Crippen molar-refractivity contribution in [2.45, 2.75) is 19.4 Å². The number of carbonyl (C=O) groups is 2. The van der Waals surface area contributed by atoms with Crippen LogP contribution in [0.15, 0.2) is 82.0 Å². The Morgan fingerprint density at radius 3 is 2.31 bits per heavy atom. The summed E-state index contributed by atoms with van der Waals surface area (Å²) < 4.78 is 12.0. The molecule has 5 nitrogen and oxygen atoms in total. The molecular formula is C28H20BrCl2NO4. The second kappa shape index (κ2) is 9.77. The molecule has 0 unspecified atom stereocenters. The maximum Gasteiger partial charge on any atom is 0.336 e. The van der Waals surface area contributed by atoms with Gasteiger partial charge in [-0.2, -0.15) is 0 Å². The highest BCUT2D eigenvalue weighted by atomic mass is 79.9. The number of methoxy groups -OCH3 is 1. The Hall–Kier alpha value is -3.06. The molecule has 1 atom stereocenters. The first-order valence-electron chi connectivity index (χ1n) is 11.1.